The second-order valence-corrected chi connectivity index (χ2v) is 7.68. The van der Waals surface area contributed by atoms with Gasteiger partial charge in [0.2, 0.25) is 0 Å². The molecule has 7 nitrogen and oxygen atoms in total. The maximum atomic E-state index is 12.0. The van der Waals surface area contributed by atoms with E-state index < -0.39 is 32.4 Å². The van der Waals surface area contributed by atoms with E-state index in [1.807, 2.05) is 0 Å². The molecule has 0 unspecified atom stereocenters. The molecule has 21 heavy (non-hydrogen) atoms. The molecule has 0 spiro atoms. The lowest BCUT2D eigenvalue weighted by Crippen LogP contribution is -2.45. The molecule has 1 aliphatic rings. The van der Waals surface area contributed by atoms with Crippen LogP contribution in [0.3, 0.4) is 0 Å². The number of carbonyl (C=O) groups excluding carboxylic acids is 3. The van der Waals surface area contributed by atoms with Crippen molar-refractivity contribution in [1.82, 2.24) is 5.06 Å². The van der Waals surface area contributed by atoms with Crippen LogP contribution in [-0.4, -0.2) is 42.3 Å². The van der Waals surface area contributed by atoms with Crippen LogP contribution in [0.5, 0.6) is 0 Å². The highest BCUT2D eigenvalue weighted by atomic mass is 32.2. The lowest BCUT2D eigenvalue weighted by molar-refractivity contribution is -0.170. The van der Waals surface area contributed by atoms with Crippen molar-refractivity contribution in [1.29, 1.82) is 0 Å². The number of nitrogens with zero attached hydrogens (tertiary/aromatic N) is 1. The van der Waals surface area contributed by atoms with E-state index in [9.17, 15) is 22.8 Å². The number of rotatable bonds is 3. The molecule has 0 fully saturated rings. The SMILES string of the molecule is CC(C)(C(=O)ON1C(=O)c2ccccc2C1=O)S(C)(=O)=O. The molecule has 1 heterocycles. The highest BCUT2D eigenvalue weighted by Crippen LogP contribution is 2.25. The third-order valence-corrected chi connectivity index (χ3v) is 5.37. The van der Waals surface area contributed by atoms with Crippen LogP contribution in [-0.2, 0) is 19.5 Å². The number of hydrogen-bond acceptors (Lipinski definition) is 6. The van der Waals surface area contributed by atoms with Gasteiger partial charge in [0.15, 0.2) is 14.6 Å². The Hall–Kier alpha value is -2.22. The fourth-order valence-electron chi connectivity index (χ4n) is 1.59. The molecule has 0 saturated carbocycles. The monoisotopic (exact) mass is 311 g/mol. The van der Waals surface area contributed by atoms with Crippen molar-refractivity contribution in [3.05, 3.63) is 35.4 Å². The summed E-state index contributed by atoms with van der Waals surface area (Å²) in [6.07, 6.45) is 0.872. The fourth-order valence-corrected chi connectivity index (χ4v) is 1.93. The number of hydroxylamine groups is 2. The van der Waals surface area contributed by atoms with E-state index in [0.717, 1.165) is 20.1 Å². The van der Waals surface area contributed by atoms with Gasteiger partial charge in [-0.05, 0) is 26.0 Å². The quantitative estimate of drug-likeness (QED) is 0.757. The van der Waals surface area contributed by atoms with Crippen LogP contribution in [0.15, 0.2) is 24.3 Å². The maximum absolute atomic E-state index is 12.0. The van der Waals surface area contributed by atoms with E-state index in [-0.39, 0.29) is 11.1 Å². The van der Waals surface area contributed by atoms with E-state index in [1.54, 1.807) is 12.1 Å². The number of sulfone groups is 1. The predicted molar refractivity (Wildman–Crippen MR) is 72.0 cm³/mol. The van der Waals surface area contributed by atoms with E-state index in [2.05, 4.69) is 0 Å². The van der Waals surface area contributed by atoms with Gasteiger partial charge in [-0.2, -0.15) is 0 Å². The number of imide groups is 1. The first-order chi connectivity index (χ1) is 9.57. The van der Waals surface area contributed by atoms with Gasteiger partial charge in [-0.1, -0.05) is 17.2 Å². The smallest absolute Gasteiger partial charge is 0.328 e. The zero-order chi connectivity index (χ0) is 16.0. The van der Waals surface area contributed by atoms with E-state index in [0.29, 0.717) is 5.06 Å². The standard InChI is InChI=1S/C13H13NO6S/c1-13(2,21(3,18)19)12(17)20-14-10(15)8-6-4-5-7-9(8)11(14)16/h4-7H,1-3H3. The van der Waals surface area contributed by atoms with Crippen LogP contribution in [0.25, 0.3) is 0 Å². The van der Waals surface area contributed by atoms with Crippen LogP contribution in [0.2, 0.25) is 0 Å². The summed E-state index contributed by atoms with van der Waals surface area (Å²) in [5, 5.41) is 0.292. The average Bonchev–Trinajstić information content (AvgIpc) is 2.63. The molecule has 1 aliphatic heterocycles. The molecule has 0 radical (unpaired) electrons. The first kappa shape index (κ1) is 15.2. The summed E-state index contributed by atoms with van der Waals surface area (Å²) < 4.78 is 21.2. The second kappa shape index (κ2) is 4.66. The Bertz CT molecular complexity index is 715. The number of carbonyl (C=O) groups is 3. The van der Waals surface area contributed by atoms with Crippen molar-refractivity contribution in [3.63, 3.8) is 0 Å². The molecule has 0 saturated heterocycles. The Morgan fingerprint density at radius 1 is 1.10 bits per heavy atom. The molecular formula is C13H13NO6S. The van der Waals surface area contributed by atoms with Gasteiger partial charge in [-0.15, -0.1) is 0 Å². The Morgan fingerprint density at radius 2 is 1.52 bits per heavy atom. The lowest BCUT2D eigenvalue weighted by atomic mass is 10.1. The zero-order valence-corrected chi connectivity index (χ0v) is 12.4. The second-order valence-electron chi connectivity index (χ2n) is 5.11. The van der Waals surface area contributed by atoms with Gasteiger partial charge >= 0.3 is 5.97 Å². The summed E-state index contributed by atoms with van der Waals surface area (Å²) in [5.74, 6) is -2.79. The summed E-state index contributed by atoms with van der Waals surface area (Å²) in [5.41, 5.74) is 0.208. The summed E-state index contributed by atoms with van der Waals surface area (Å²) >= 11 is 0. The predicted octanol–water partition coefficient (Wildman–Crippen LogP) is 0.564. The molecule has 2 rings (SSSR count). The number of benzene rings is 1. The van der Waals surface area contributed by atoms with Gasteiger partial charge in [0.1, 0.15) is 0 Å². The normalized spacial score (nSPS) is 15.1. The lowest BCUT2D eigenvalue weighted by Gasteiger charge is -2.22. The number of hydrogen-bond donors (Lipinski definition) is 0. The van der Waals surface area contributed by atoms with E-state index >= 15 is 0 Å². The minimum atomic E-state index is -3.77. The largest absolute Gasteiger partial charge is 0.353 e. The van der Waals surface area contributed by atoms with Crippen molar-refractivity contribution in [3.8, 4) is 0 Å². The number of amides is 2. The van der Waals surface area contributed by atoms with Gasteiger partial charge < -0.3 is 4.84 Å². The van der Waals surface area contributed by atoms with Crippen LogP contribution in [0.1, 0.15) is 34.6 Å². The van der Waals surface area contributed by atoms with Gasteiger partial charge in [-0.3, -0.25) is 9.59 Å². The molecule has 0 aromatic heterocycles. The molecular weight excluding hydrogens is 298 g/mol. The molecule has 0 N–H and O–H groups in total. The highest BCUT2D eigenvalue weighted by molar-refractivity contribution is 7.92. The fraction of sp³-hybridized carbons (Fsp3) is 0.308. The van der Waals surface area contributed by atoms with Gasteiger partial charge in [0.25, 0.3) is 11.8 Å². The first-order valence-electron chi connectivity index (χ1n) is 5.97. The van der Waals surface area contributed by atoms with Gasteiger partial charge in [-0.25, -0.2) is 13.2 Å². The van der Waals surface area contributed by atoms with Crippen molar-refractivity contribution in [2.24, 2.45) is 0 Å². The molecule has 1 aromatic carbocycles. The molecule has 0 bridgehead atoms. The highest BCUT2D eigenvalue weighted by Gasteiger charge is 2.45. The topological polar surface area (TPSA) is 97.8 Å². The molecule has 0 atom stereocenters. The van der Waals surface area contributed by atoms with Crippen molar-refractivity contribution >= 4 is 27.6 Å². The Balaban J connectivity index is 2.30. The minimum Gasteiger partial charge on any atom is -0.328 e. The Labute approximate surface area is 121 Å². The first-order valence-corrected chi connectivity index (χ1v) is 7.86. The Morgan fingerprint density at radius 3 is 1.90 bits per heavy atom. The molecule has 2 amide bonds. The summed E-state index contributed by atoms with van der Waals surface area (Å²) in [6.45, 7) is 2.28. The van der Waals surface area contributed by atoms with Crippen molar-refractivity contribution in [2.75, 3.05) is 6.26 Å². The Kier molecular flexibility index (Phi) is 3.37. The van der Waals surface area contributed by atoms with Crippen LogP contribution < -0.4 is 0 Å². The average molecular weight is 311 g/mol. The maximum Gasteiger partial charge on any atom is 0.353 e. The third-order valence-electron chi connectivity index (χ3n) is 3.35. The van der Waals surface area contributed by atoms with Crippen LogP contribution >= 0.6 is 0 Å². The summed E-state index contributed by atoms with van der Waals surface area (Å²) in [4.78, 5) is 40.7. The third kappa shape index (κ3) is 2.31. The van der Waals surface area contributed by atoms with E-state index in [4.69, 9.17) is 4.84 Å². The number of fused-ring (bicyclic) bond motifs is 1. The van der Waals surface area contributed by atoms with Crippen LogP contribution in [0, 0.1) is 0 Å². The minimum absolute atomic E-state index is 0.104. The summed E-state index contributed by atoms with van der Waals surface area (Å²) in [7, 11) is -3.77. The molecule has 112 valence electrons. The van der Waals surface area contributed by atoms with Gasteiger partial charge in [0.05, 0.1) is 11.1 Å². The van der Waals surface area contributed by atoms with E-state index in [1.165, 1.54) is 12.1 Å². The molecule has 0 aliphatic carbocycles. The van der Waals surface area contributed by atoms with Crippen molar-refractivity contribution in [2.45, 2.75) is 18.6 Å². The molecule has 1 aromatic rings. The van der Waals surface area contributed by atoms with Crippen LogP contribution in [0.4, 0.5) is 0 Å². The van der Waals surface area contributed by atoms with Gasteiger partial charge in [0, 0.05) is 6.26 Å². The van der Waals surface area contributed by atoms with Crippen molar-refractivity contribution < 1.29 is 27.6 Å². The summed E-state index contributed by atoms with van der Waals surface area (Å²) in [6, 6.07) is 5.97. The zero-order valence-electron chi connectivity index (χ0n) is 11.6. The molecule has 8 heteroatoms.